The molecule has 0 bridgehead atoms. The summed E-state index contributed by atoms with van der Waals surface area (Å²) in [7, 11) is 0. The second-order valence-corrected chi connectivity index (χ2v) is 7.82. The van der Waals surface area contributed by atoms with E-state index in [1.165, 1.54) is 0 Å². The lowest BCUT2D eigenvalue weighted by atomic mass is 10.2. The fourth-order valence-corrected chi connectivity index (χ4v) is 3.26. The number of aromatic nitrogens is 2. The molecule has 4 rings (SSSR count). The number of carbonyl (C=O) groups excluding carboxylic acids is 1. The number of benzene rings is 2. The average molecular weight is 456 g/mol. The predicted octanol–water partition coefficient (Wildman–Crippen LogP) is 5.97. The molecular formula is C23H19Cl2N3O3. The van der Waals surface area contributed by atoms with Gasteiger partial charge >= 0.3 is 0 Å². The van der Waals surface area contributed by atoms with Gasteiger partial charge in [-0.2, -0.15) is 5.10 Å². The molecule has 0 unspecified atom stereocenters. The van der Waals surface area contributed by atoms with E-state index in [-0.39, 0.29) is 18.3 Å². The molecule has 31 heavy (non-hydrogen) atoms. The van der Waals surface area contributed by atoms with E-state index < -0.39 is 0 Å². The van der Waals surface area contributed by atoms with Gasteiger partial charge in [0.15, 0.2) is 5.76 Å². The van der Waals surface area contributed by atoms with Crippen molar-refractivity contribution >= 4 is 34.8 Å². The van der Waals surface area contributed by atoms with Crippen molar-refractivity contribution in [2.75, 3.05) is 5.32 Å². The number of nitrogens with zero attached hydrogens (tertiary/aromatic N) is 2. The van der Waals surface area contributed by atoms with Gasteiger partial charge in [0.2, 0.25) is 0 Å². The zero-order valence-corrected chi connectivity index (χ0v) is 18.2. The minimum Gasteiger partial charge on any atom is -0.486 e. The van der Waals surface area contributed by atoms with E-state index in [2.05, 4.69) is 10.4 Å². The highest BCUT2D eigenvalue weighted by Gasteiger charge is 2.12. The second kappa shape index (κ2) is 9.29. The van der Waals surface area contributed by atoms with Crippen LogP contribution in [0.15, 0.2) is 71.4 Å². The molecule has 2 heterocycles. The van der Waals surface area contributed by atoms with Gasteiger partial charge in [0, 0.05) is 16.9 Å². The van der Waals surface area contributed by atoms with Gasteiger partial charge in [-0.3, -0.25) is 9.48 Å². The SMILES string of the molecule is Cc1cc(OCc2ccc(C(=O)Nc3cccc(Cn4cc(Cl)cn4)c3)o2)ccc1Cl. The zero-order valence-electron chi connectivity index (χ0n) is 16.6. The lowest BCUT2D eigenvalue weighted by molar-refractivity contribution is 0.0992. The van der Waals surface area contributed by atoms with E-state index in [9.17, 15) is 4.79 Å². The molecule has 0 aliphatic heterocycles. The number of nitrogens with one attached hydrogen (secondary N) is 1. The number of aryl methyl sites for hydroxylation is 1. The summed E-state index contributed by atoms with van der Waals surface area (Å²) in [5, 5.41) is 8.27. The maximum absolute atomic E-state index is 12.6. The van der Waals surface area contributed by atoms with E-state index in [4.69, 9.17) is 32.4 Å². The molecule has 8 heteroatoms. The summed E-state index contributed by atoms with van der Waals surface area (Å²) in [6, 6.07) is 16.3. The van der Waals surface area contributed by atoms with Crippen molar-refractivity contribution < 1.29 is 13.9 Å². The lowest BCUT2D eigenvalue weighted by Crippen LogP contribution is -2.11. The molecule has 0 atom stereocenters. The topological polar surface area (TPSA) is 69.3 Å². The van der Waals surface area contributed by atoms with Crippen LogP contribution in [0.3, 0.4) is 0 Å². The third-order valence-corrected chi connectivity index (χ3v) is 5.15. The van der Waals surface area contributed by atoms with Gasteiger partial charge in [0.25, 0.3) is 5.91 Å². The minimum absolute atomic E-state index is 0.204. The molecular weight excluding hydrogens is 437 g/mol. The van der Waals surface area contributed by atoms with Gasteiger partial charge in [-0.1, -0.05) is 35.3 Å². The summed E-state index contributed by atoms with van der Waals surface area (Å²) < 4.78 is 13.1. The summed E-state index contributed by atoms with van der Waals surface area (Å²) >= 11 is 11.9. The third-order valence-electron chi connectivity index (χ3n) is 4.53. The fraction of sp³-hybridized carbons (Fsp3) is 0.130. The lowest BCUT2D eigenvalue weighted by Gasteiger charge is -2.07. The number of furan rings is 1. The maximum atomic E-state index is 12.6. The Kier molecular flexibility index (Phi) is 6.30. The van der Waals surface area contributed by atoms with Gasteiger partial charge < -0.3 is 14.5 Å². The number of hydrogen-bond donors (Lipinski definition) is 1. The van der Waals surface area contributed by atoms with Crippen molar-refractivity contribution in [3.8, 4) is 5.75 Å². The number of hydrogen-bond acceptors (Lipinski definition) is 4. The summed E-state index contributed by atoms with van der Waals surface area (Å²) in [6.07, 6.45) is 3.32. The Hall–Kier alpha value is -3.22. The van der Waals surface area contributed by atoms with Crippen molar-refractivity contribution in [3.63, 3.8) is 0 Å². The van der Waals surface area contributed by atoms with Crippen molar-refractivity contribution in [3.05, 3.63) is 99.7 Å². The Morgan fingerprint density at radius 1 is 1.16 bits per heavy atom. The van der Waals surface area contributed by atoms with E-state index in [1.807, 2.05) is 37.3 Å². The molecule has 1 amide bonds. The van der Waals surface area contributed by atoms with Crippen LogP contribution in [-0.4, -0.2) is 15.7 Å². The summed E-state index contributed by atoms with van der Waals surface area (Å²) in [6.45, 7) is 2.66. The average Bonchev–Trinajstić information content (AvgIpc) is 3.38. The Morgan fingerprint density at radius 2 is 2.03 bits per heavy atom. The highest BCUT2D eigenvalue weighted by Crippen LogP contribution is 2.22. The van der Waals surface area contributed by atoms with E-state index in [0.29, 0.717) is 33.8 Å². The van der Waals surface area contributed by atoms with Crippen LogP contribution in [0.5, 0.6) is 5.75 Å². The number of halogens is 2. The van der Waals surface area contributed by atoms with Gasteiger partial charge in [0.05, 0.1) is 17.8 Å². The van der Waals surface area contributed by atoms with Crippen LogP contribution in [-0.2, 0) is 13.2 Å². The fourth-order valence-electron chi connectivity index (χ4n) is 2.99. The first kappa shape index (κ1) is 21.0. The summed E-state index contributed by atoms with van der Waals surface area (Å²) in [5.41, 5.74) is 2.56. The Bertz CT molecular complexity index is 1220. The number of anilines is 1. The first-order chi connectivity index (χ1) is 15.0. The standard InChI is InChI=1S/C23H19Cl2N3O3/c1-15-9-19(5-7-21(15)25)30-14-20-6-8-22(31-20)23(29)27-18-4-2-3-16(10-18)12-28-13-17(24)11-26-28/h2-11,13H,12,14H2,1H3,(H,27,29). The van der Waals surface area contributed by atoms with E-state index in [1.54, 1.807) is 41.3 Å². The molecule has 6 nitrogen and oxygen atoms in total. The first-order valence-corrected chi connectivity index (χ1v) is 10.3. The molecule has 0 aliphatic carbocycles. The minimum atomic E-state index is -0.340. The van der Waals surface area contributed by atoms with Crippen LogP contribution in [0.25, 0.3) is 0 Å². The van der Waals surface area contributed by atoms with Gasteiger partial charge in [-0.15, -0.1) is 0 Å². The van der Waals surface area contributed by atoms with Crippen LogP contribution in [0.2, 0.25) is 10.0 Å². The maximum Gasteiger partial charge on any atom is 0.291 e. The van der Waals surface area contributed by atoms with Crippen LogP contribution in [0, 0.1) is 6.92 Å². The number of carbonyl (C=O) groups is 1. The van der Waals surface area contributed by atoms with Crippen molar-refractivity contribution in [1.82, 2.24) is 9.78 Å². The molecule has 4 aromatic rings. The molecule has 0 aliphatic rings. The zero-order chi connectivity index (χ0) is 21.8. The van der Waals surface area contributed by atoms with Gasteiger partial charge in [0.1, 0.15) is 18.1 Å². The smallest absolute Gasteiger partial charge is 0.291 e. The Balaban J connectivity index is 1.36. The molecule has 0 saturated carbocycles. The van der Waals surface area contributed by atoms with E-state index in [0.717, 1.165) is 11.1 Å². The molecule has 2 aromatic heterocycles. The van der Waals surface area contributed by atoms with E-state index >= 15 is 0 Å². The predicted molar refractivity (Wildman–Crippen MR) is 120 cm³/mol. The Morgan fingerprint density at radius 3 is 2.81 bits per heavy atom. The number of rotatable bonds is 7. The largest absolute Gasteiger partial charge is 0.486 e. The highest BCUT2D eigenvalue weighted by atomic mass is 35.5. The number of ether oxygens (including phenoxy) is 1. The third kappa shape index (κ3) is 5.48. The normalized spacial score (nSPS) is 10.8. The van der Waals surface area contributed by atoms with Crippen molar-refractivity contribution in [2.45, 2.75) is 20.1 Å². The van der Waals surface area contributed by atoms with Crippen LogP contribution in [0.1, 0.15) is 27.4 Å². The van der Waals surface area contributed by atoms with Crippen molar-refractivity contribution in [2.24, 2.45) is 0 Å². The van der Waals surface area contributed by atoms with Crippen LogP contribution >= 0.6 is 23.2 Å². The quantitative estimate of drug-likeness (QED) is 0.372. The number of amides is 1. The van der Waals surface area contributed by atoms with Gasteiger partial charge in [-0.25, -0.2) is 0 Å². The van der Waals surface area contributed by atoms with Crippen LogP contribution < -0.4 is 10.1 Å². The molecule has 1 N–H and O–H groups in total. The highest BCUT2D eigenvalue weighted by molar-refractivity contribution is 6.31. The molecule has 0 radical (unpaired) electrons. The molecule has 0 fully saturated rings. The molecule has 158 valence electrons. The summed E-state index contributed by atoms with van der Waals surface area (Å²) in [5.74, 6) is 1.09. The van der Waals surface area contributed by atoms with Crippen molar-refractivity contribution in [1.29, 1.82) is 0 Å². The Labute approximate surface area is 189 Å². The first-order valence-electron chi connectivity index (χ1n) is 9.52. The molecule has 0 saturated heterocycles. The molecule has 0 spiro atoms. The summed E-state index contributed by atoms with van der Waals surface area (Å²) in [4.78, 5) is 12.6. The monoisotopic (exact) mass is 455 g/mol. The van der Waals surface area contributed by atoms with Crippen LogP contribution in [0.4, 0.5) is 5.69 Å². The molecule has 2 aromatic carbocycles. The van der Waals surface area contributed by atoms with Gasteiger partial charge in [-0.05, 0) is 60.5 Å². The second-order valence-electron chi connectivity index (χ2n) is 6.98.